The van der Waals surface area contributed by atoms with Crippen molar-refractivity contribution in [2.75, 3.05) is 14.2 Å². The summed E-state index contributed by atoms with van der Waals surface area (Å²) in [7, 11) is 3.23. The minimum Gasteiger partial charge on any atom is -0.497 e. The summed E-state index contributed by atoms with van der Waals surface area (Å²) < 4.78 is 12.5. The van der Waals surface area contributed by atoms with E-state index in [-0.39, 0.29) is 12.3 Å². The molecule has 4 rings (SSSR count). The number of nitrogens with zero attached hydrogens (tertiary/aromatic N) is 2. The van der Waals surface area contributed by atoms with Crippen LogP contribution >= 0.6 is 0 Å². The normalized spacial score (nSPS) is 10.5. The van der Waals surface area contributed by atoms with Gasteiger partial charge in [-0.15, -0.1) is 0 Å². The van der Waals surface area contributed by atoms with Crippen molar-refractivity contribution in [3.8, 4) is 33.9 Å². The van der Waals surface area contributed by atoms with E-state index in [1.807, 2.05) is 72.9 Å². The lowest BCUT2D eigenvalue weighted by molar-refractivity contribution is -0.686. The first-order valence-corrected chi connectivity index (χ1v) is 9.94. The van der Waals surface area contributed by atoms with Gasteiger partial charge in [0.1, 0.15) is 11.5 Å². The first kappa shape index (κ1) is 20.3. The van der Waals surface area contributed by atoms with Gasteiger partial charge in [-0.1, -0.05) is 54.6 Å². The van der Waals surface area contributed by atoms with Crippen LogP contribution in [-0.4, -0.2) is 25.0 Å². The summed E-state index contributed by atoms with van der Waals surface area (Å²) in [6, 6.07) is 25.3. The monoisotopic (exact) mass is 411 g/mol. The van der Waals surface area contributed by atoms with Crippen LogP contribution in [0.2, 0.25) is 0 Å². The largest absolute Gasteiger partial charge is 0.497 e. The molecule has 0 bridgehead atoms. The van der Waals surface area contributed by atoms with Crippen molar-refractivity contribution >= 4 is 5.78 Å². The molecule has 0 amide bonds. The van der Waals surface area contributed by atoms with E-state index in [2.05, 4.69) is 17.1 Å². The molecule has 0 radical (unpaired) electrons. The fourth-order valence-electron chi connectivity index (χ4n) is 3.38. The molecule has 31 heavy (non-hydrogen) atoms. The molecule has 0 saturated heterocycles. The average molecular weight is 411 g/mol. The summed E-state index contributed by atoms with van der Waals surface area (Å²) in [4.78, 5) is 17.2. The molecular formula is C26H23N2O3+. The maximum absolute atomic E-state index is 12.7. The van der Waals surface area contributed by atoms with Gasteiger partial charge in [-0.05, 0) is 28.2 Å². The van der Waals surface area contributed by atoms with Crippen LogP contribution in [0.25, 0.3) is 22.4 Å². The zero-order valence-electron chi connectivity index (χ0n) is 17.5. The lowest BCUT2D eigenvalue weighted by Gasteiger charge is -2.08. The molecule has 0 aliphatic heterocycles. The van der Waals surface area contributed by atoms with Gasteiger partial charge in [-0.25, -0.2) is 4.57 Å². The molecule has 0 N–H and O–H groups in total. The second-order valence-electron chi connectivity index (χ2n) is 7.05. The number of carbonyl (C=O) groups is 1. The number of carbonyl (C=O) groups excluding carboxylic acids is 1. The highest BCUT2D eigenvalue weighted by Crippen LogP contribution is 2.31. The number of hydrogen-bond donors (Lipinski definition) is 0. The van der Waals surface area contributed by atoms with Crippen molar-refractivity contribution in [2.45, 2.75) is 6.54 Å². The Morgan fingerprint density at radius 2 is 1.61 bits per heavy atom. The van der Waals surface area contributed by atoms with Crippen molar-refractivity contribution in [3.63, 3.8) is 0 Å². The molecule has 4 aromatic rings. The van der Waals surface area contributed by atoms with Gasteiger partial charge in [0.05, 0.1) is 26.0 Å². The Bertz CT molecular complexity index is 1170. The molecule has 5 heteroatoms. The van der Waals surface area contributed by atoms with Gasteiger partial charge < -0.3 is 9.47 Å². The highest BCUT2D eigenvalue weighted by atomic mass is 16.5. The quantitative estimate of drug-likeness (QED) is 0.329. The molecule has 5 nitrogen and oxygen atoms in total. The third kappa shape index (κ3) is 4.61. The number of methoxy groups -OCH3 is 2. The molecule has 0 saturated carbocycles. The Morgan fingerprint density at radius 3 is 2.26 bits per heavy atom. The lowest BCUT2D eigenvalue weighted by Crippen LogP contribution is -2.37. The van der Waals surface area contributed by atoms with Crippen LogP contribution in [0, 0.1) is 0 Å². The highest BCUT2D eigenvalue weighted by Gasteiger charge is 2.15. The number of ketones is 1. The predicted molar refractivity (Wildman–Crippen MR) is 119 cm³/mol. The molecular weight excluding hydrogens is 388 g/mol. The van der Waals surface area contributed by atoms with Crippen molar-refractivity contribution < 1.29 is 18.8 Å². The lowest BCUT2D eigenvalue weighted by atomic mass is 10.0. The number of Topliss-reactive ketones (excluding diaryl/α,β-unsaturated/α-hetero) is 1. The van der Waals surface area contributed by atoms with Crippen molar-refractivity contribution in [1.29, 1.82) is 0 Å². The minimum absolute atomic E-state index is 0.0289. The number of aromatic nitrogens is 2. The smallest absolute Gasteiger partial charge is 0.287 e. The first-order valence-electron chi connectivity index (χ1n) is 9.94. The molecule has 1 aromatic heterocycles. The maximum atomic E-state index is 12.7. The SMILES string of the molecule is COc1ccc(-c2cc[n+](CC(=O)c3ccc(-c4ccccc4)cc3)cn2)c(OC)c1. The van der Waals surface area contributed by atoms with Gasteiger partial charge >= 0.3 is 0 Å². The van der Waals surface area contributed by atoms with Crippen molar-refractivity contribution in [2.24, 2.45) is 0 Å². The first-order chi connectivity index (χ1) is 15.2. The van der Waals surface area contributed by atoms with E-state index in [0.29, 0.717) is 11.3 Å². The van der Waals surface area contributed by atoms with Gasteiger partial charge in [-0.2, -0.15) is 0 Å². The number of rotatable bonds is 7. The Morgan fingerprint density at radius 1 is 0.871 bits per heavy atom. The Balaban J connectivity index is 1.47. The second-order valence-corrected chi connectivity index (χ2v) is 7.05. The summed E-state index contributed by atoms with van der Waals surface area (Å²) in [6.45, 7) is 0.220. The van der Waals surface area contributed by atoms with Crippen LogP contribution in [0.1, 0.15) is 10.4 Å². The molecule has 154 valence electrons. The van der Waals surface area contributed by atoms with Gasteiger partial charge in [0.25, 0.3) is 6.33 Å². The molecule has 0 unspecified atom stereocenters. The van der Waals surface area contributed by atoms with Crippen molar-refractivity contribution in [3.05, 3.63) is 97.0 Å². The highest BCUT2D eigenvalue weighted by molar-refractivity contribution is 5.95. The van der Waals surface area contributed by atoms with E-state index < -0.39 is 0 Å². The second kappa shape index (κ2) is 9.22. The number of hydrogen-bond acceptors (Lipinski definition) is 4. The van der Waals surface area contributed by atoms with E-state index >= 15 is 0 Å². The van der Waals surface area contributed by atoms with Gasteiger partial charge in [0.2, 0.25) is 5.78 Å². The van der Waals surface area contributed by atoms with Crippen LogP contribution in [0.15, 0.2) is 91.4 Å². The van der Waals surface area contributed by atoms with Gasteiger partial charge in [0, 0.05) is 17.7 Å². The summed E-state index contributed by atoms with van der Waals surface area (Å²) >= 11 is 0. The molecule has 3 aromatic carbocycles. The summed E-state index contributed by atoms with van der Waals surface area (Å²) in [5.41, 5.74) is 4.51. The van der Waals surface area contributed by atoms with E-state index in [1.165, 1.54) is 0 Å². The fraction of sp³-hybridized carbons (Fsp3) is 0.115. The van der Waals surface area contributed by atoms with E-state index in [4.69, 9.17) is 9.47 Å². The summed E-state index contributed by atoms with van der Waals surface area (Å²) in [6.07, 6.45) is 3.51. The third-order valence-electron chi connectivity index (χ3n) is 5.09. The van der Waals surface area contributed by atoms with Gasteiger partial charge in [0.15, 0.2) is 12.2 Å². The van der Waals surface area contributed by atoms with E-state index in [1.54, 1.807) is 25.1 Å². The molecule has 0 atom stereocenters. The van der Waals surface area contributed by atoms with Crippen LogP contribution in [0.5, 0.6) is 11.5 Å². The summed E-state index contributed by atoms with van der Waals surface area (Å²) in [5, 5.41) is 0. The summed E-state index contributed by atoms with van der Waals surface area (Å²) in [5.74, 6) is 1.43. The van der Waals surface area contributed by atoms with Crippen LogP contribution in [-0.2, 0) is 6.54 Å². The topological polar surface area (TPSA) is 52.3 Å². The van der Waals surface area contributed by atoms with E-state index in [9.17, 15) is 4.79 Å². The Hall–Kier alpha value is -3.99. The molecule has 0 aliphatic rings. The predicted octanol–water partition coefficient (Wildman–Crippen LogP) is 4.60. The average Bonchev–Trinajstić information content (AvgIpc) is 2.84. The maximum Gasteiger partial charge on any atom is 0.287 e. The molecule has 1 heterocycles. The molecule has 0 spiro atoms. The molecule has 0 aliphatic carbocycles. The third-order valence-corrected chi connectivity index (χ3v) is 5.09. The Labute approximate surface area is 181 Å². The van der Waals surface area contributed by atoms with Crippen molar-refractivity contribution in [1.82, 2.24) is 4.98 Å². The van der Waals surface area contributed by atoms with Crippen LogP contribution < -0.4 is 14.0 Å². The zero-order chi connectivity index (χ0) is 21.6. The molecule has 0 fully saturated rings. The van der Waals surface area contributed by atoms with E-state index in [0.717, 1.165) is 28.1 Å². The minimum atomic E-state index is 0.0289. The number of ether oxygens (including phenoxy) is 2. The fourth-order valence-corrected chi connectivity index (χ4v) is 3.38. The van der Waals surface area contributed by atoms with Gasteiger partial charge in [-0.3, -0.25) is 4.79 Å². The number of benzene rings is 3. The standard InChI is InChI=1S/C26H23N2O3/c1-30-22-12-13-23(26(16-22)31-2)24-14-15-28(18-27-24)17-25(29)21-10-8-20(9-11-21)19-6-4-3-5-7-19/h3-16,18H,17H2,1-2H3/q+1. The van der Waals surface area contributed by atoms with Crippen LogP contribution in [0.4, 0.5) is 0 Å². The van der Waals surface area contributed by atoms with Crippen LogP contribution in [0.3, 0.4) is 0 Å². The zero-order valence-corrected chi connectivity index (χ0v) is 17.5. The Kier molecular flexibility index (Phi) is 6.03.